The normalized spacial score (nSPS) is 15.9. The van der Waals surface area contributed by atoms with Gasteiger partial charge in [0.25, 0.3) is 0 Å². The molecule has 0 saturated carbocycles. The third kappa shape index (κ3) is 5.15. The number of rotatable bonds is 8. The molecule has 0 aromatic heterocycles. The number of para-hydroxylation sites is 1. The van der Waals surface area contributed by atoms with E-state index in [1.54, 1.807) is 31.2 Å². The first-order chi connectivity index (χ1) is 13.4. The summed E-state index contributed by atoms with van der Waals surface area (Å²) in [6.07, 6.45) is 0.432. The zero-order chi connectivity index (χ0) is 20.7. The van der Waals surface area contributed by atoms with Gasteiger partial charge in [-0.3, -0.25) is 24.1 Å². The Kier molecular flexibility index (Phi) is 7.25. The van der Waals surface area contributed by atoms with Crippen molar-refractivity contribution in [1.82, 2.24) is 10.6 Å². The fourth-order valence-electron chi connectivity index (χ4n) is 3.00. The number of nitrogens with one attached hydrogen (secondary N) is 2. The average molecular weight is 389 g/mol. The first-order valence-corrected chi connectivity index (χ1v) is 8.93. The third-order valence-electron chi connectivity index (χ3n) is 4.22. The van der Waals surface area contributed by atoms with Crippen molar-refractivity contribution in [3.8, 4) is 0 Å². The molecule has 0 spiro atoms. The largest absolute Gasteiger partial charge is 0.466 e. The molecule has 2 rings (SSSR count). The molecule has 0 aliphatic carbocycles. The third-order valence-corrected chi connectivity index (χ3v) is 4.22. The second-order valence-electron chi connectivity index (χ2n) is 6.28. The predicted octanol–water partition coefficient (Wildman–Crippen LogP) is -0.283. The zero-order valence-corrected chi connectivity index (χ0v) is 15.8. The second-order valence-corrected chi connectivity index (χ2v) is 6.28. The lowest BCUT2D eigenvalue weighted by atomic mass is 10.1. The highest BCUT2D eigenvalue weighted by Gasteiger charge is 2.38. The number of ether oxygens (including phenoxy) is 1. The number of fused-ring (bicyclic) bond motifs is 1. The van der Waals surface area contributed by atoms with E-state index in [1.165, 1.54) is 11.8 Å². The number of anilines is 1. The van der Waals surface area contributed by atoms with Gasteiger partial charge >= 0.3 is 5.97 Å². The molecule has 2 N–H and O–H groups in total. The fourth-order valence-corrected chi connectivity index (χ4v) is 3.00. The van der Waals surface area contributed by atoms with Crippen LogP contribution in [0.25, 0.3) is 0 Å². The summed E-state index contributed by atoms with van der Waals surface area (Å²) < 4.78 is 4.79. The molecule has 1 aromatic carbocycles. The van der Waals surface area contributed by atoms with Gasteiger partial charge in [0.15, 0.2) is 0 Å². The van der Waals surface area contributed by atoms with Gasteiger partial charge in [-0.05, 0) is 18.6 Å². The van der Waals surface area contributed by atoms with Crippen LogP contribution >= 0.6 is 0 Å². The van der Waals surface area contributed by atoms with Gasteiger partial charge in [0.05, 0.1) is 25.6 Å². The second kappa shape index (κ2) is 9.63. The molecule has 1 aromatic rings. The van der Waals surface area contributed by atoms with E-state index in [2.05, 4.69) is 10.6 Å². The van der Waals surface area contributed by atoms with E-state index in [-0.39, 0.29) is 31.9 Å². The molecule has 0 bridgehead atoms. The molecule has 0 fully saturated rings. The Labute approximate surface area is 162 Å². The van der Waals surface area contributed by atoms with Crippen molar-refractivity contribution in [3.05, 3.63) is 29.8 Å². The molecule has 9 heteroatoms. The fraction of sp³-hybridized carbons (Fsp3) is 0.421. The molecule has 0 radical (unpaired) electrons. The van der Waals surface area contributed by atoms with Gasteiger partial charge in [-0.25, -0.2) is 0 Å². The number of amides is 3. The molecule has 9 nitrogen and oxygen atoms in total. The highest BCUT2D eigenvalue weighted by atomic mass is 16.5. The van der Waals surface area contributed by atoms with Crippen molar-refractivity contribution >= 4 is 35.7 Å². The van der Waals surface area contributed by atoms with Crippen LogP contribution in [0, 0.1) is 0 Å². The quantitative estimate of drug-likeness (QED) is 0.466. The SMILES string of the molecule is CCOC(=O)C[C@@H](C=O)NC(=O)C1Cc2ccccc2N1C(=O)CNC(C)=O. The van der Waals surface area contributed by atoms with Crippen molar-refractivity contribution in [3.63, 3.8) is 0 Å². The molecular weight excluding hydrogens is 366 g/mol. The molecule has 1 unspecified atom stereocenters. The van der Waals surface area contributed by atoms with Gasteiger partial charge in [-0.1, -0.05) is 18.2 Å². The van der Waals surface area contributed by atoms with Crippen LogP contribution in [-0.4, -0.2) is 55.2 Å². The Bertz CT molecular complexity index is 779. The van der Waals surface area contributed by atoms with Crippen molar-refractivity contribution in [2.75, 3.05) is 18.1 Å². The minimum absolute atomic E-state index is 0.168. The number of carbonyl (C=O) groups is 5. The highest BCUT2D eigenvalue weighted by Crippen LogP contribution is 2.32. The van der Waals surface area contributed by atoms with Gasteiger partial charge in [0.2, 0.25) is 17.7 Å². The Hall–Kier alpha value is -3.23. The summed E-state index contributed by atoms with van der Waals surface area (Å²) in [4.78, 5) is 60.7. The van der Waals surface area contributed by atoms with E-state index >= 15 is 0 Å². The topological polar surface area (TPSA) is 122 Å². The summed E-state index contributed by atoms with van der Waals surface area (Å²) in [6, 6.07) is 5.12. The standard InChI is InChI=1S/C19H23N3O6/c1-3-28-18(26)9-14(11-23)21-19(27)16-8-13-6-4-5-7-15(13)22(16)17(25)10-20-12(2)24/h4-7,11,14,16H,3,8-10H2,1-2H3,(H,20,24)(H,21,27)/t14-,16?/m0/s1. The minimum Gasteiger partial charge on any atom is -0.466 e. The van der Waals surface area contributed by atoms with Crippen molar-refractivity contribution in [2.24, 2.45) is 0 Å². The smallest absolute Gasteiger partial charge is 0.308 e. The minimum atomic E-state index is -1.05. The van der Waals surface area contributed by atoms with Gasteiger partial charge in [-0.2, -0.15) is 0 Å². The Morgan fingerprint density at radius 3 is 2.64 bits per heavy atom. The predicted molar refractivity (Wildman–Crippen MR) is 99.3 cm³/mol. The van der Waals surface area contributed by atoms with Gasteiger partial charge < -0.3 is 20.2 Å². The summed E-state index contributed by atoms with van der Waals surface area (Å²) in [7, 11) is 0. The molecule has 1 aliphatic rings. The van der Waals surface area contributed by atoms with Crippen LogP contribution in [0.5, 0.6) is 0 Å². The van der Waals surface area contributed by atoms with Gasteiger partial charge in [0.1, 0.15) is 12.3 Å². The average Bonchev–Trinajstić information content (AvgIpc) is 3.05. The maximum absolute atomic E-state index is 12.8. The number of benzene rings is 1. The zero-order valence-electron chi connectivity index (χ0n) is 15.8. The van der Waals surface area contributed by atoms with Crippen LogP contribution in [-0.2, 0) is 35.1 Å². The molecule has 28 heavy (non-hydrogen) atoms. The Morgan fingerprint density at radius 2 is 2.00 bits per heavy atom. The molecular formula is C19H23N3O6. The van der Waals surface area contributed by atoms with Crippen LogP contribution < -0.4 is 15.5 Å². The van der Waals surface area contributed by atoms with Gasteiger partial charge in [0, 0.05) is 19.0 Å². The first-order valence-electron chi connectivity index (χ1n) is 8.93. The number of carbonyl (C=O) groups excluding carboxylic acids is 5. The molecule has 1 aliphatic heterocycles. The van der Waals surface area contributed by atoms with Crippen molar-refractivity contribution < 1.29 is 28.7 Å². The number of nitrogens with zero attached hydrogens (tertiary/aromatic N) is 1. The molecule has 2 atom stereocenters. The van der Waals surface area contributed by atoms with Crippen molar-refractivity contribution in [2.45, 2.75) is 38.8 Å². The summed E-state index contributed by atoms with van der Waals surface area (Å²) in [5.41, 5.74) is 1.37. The maximum atomic E-state index is 12.8. The van der Waals surface area contributed by atoms with Gasteiger partial charge in [-0.15, -0.1) is 0 Å². The molecule has 0 saturated heterocycles. The van der Waals surface area contributed by atoms with Crippen molar-refractivity contribution in [1.29, 1.82) is 0 Å². The van der Waals surface area contributed by atoms with E-state index in [1.807, 2.05) is 0 Å². The number of esters is 1. The molecule has 150 valence electrons. The first kappa shape index (κ1) is 21.1. The summed E-state index contributed by atoms with van der Waals surface area (Å²) >= 11 is 0. The van der Waals surface area contributed by atoms with Crippen LogP contribution in [0.4, 0.5) is 5.69 Å². The lowest BCUT2D eigenvalue weighted by molar-refractivity contribution is -0.144. The Morgan fingerprint density at radius 1 is 1.29 bits per heavy atom. The van der Waals surface area contributed by atoms with Crippen LogP contribution in [0.3, 0.4) is 0 Å². The van der Waals surface area contributed by atoms with E-state index in [9.17, 15) is 24.0 Å². The number of hydrogen-bond acceptors (Lipinski definition) is 6. The Balaban J connectivity index is 2.16. The lowest BCUT2D eigenvalue weighted by Gasteiger charge is -2.26. The maximum Gasteiger partial charge on any atom is 0.308 e. The molecule has 1 heterocycles. The summed E-state index contributed by atoms with van der Waals surface area (Å²) in [5.74, 6) is -1.98. The number of hydrogen-bond donors (Lipinski definition) is 2. The van der Waals surface area contributed by atoms with Crippen LogP contribution in [0.2, 0.25) is 0 Å². The summed E-state index contributed by atoms with van der Waals surface area (Å²) in [6.45, 7) is 2.84. The number of aldehydes is 1. The van der Waals surface area contributed by atoms with E-state index in [4.69, 9.17) is 4.74 Å². The van der Waals surface area contributed by atoms with Crippen LogP contribution in [0.1, 0.15) is 25.8 Å². The summed E-state index contributed by atoms with van der Waals surface area (Å²) in [5, 5.41) is 4.92. The van der Waals surface area contributed by atoms with E-state index in [0.717, 1.165) is 5.56 Å². The lowest BCUT2D eigenvalue weighted by Crippen LogP contribution is -2.53. The molecule has 3 amide bonds. The highest BCUT2D eigenvalue weighted by molar-refractivity contribution is 6.05. The van der Waals surface area contributed by atoms with E-state index < -0.39 is 29.9 Å². The van der Waals surface area contributed by atoms with Crippen LogP contribution in [0.15, 0.2) is 24.3 Å². The monoisotopic (exact) mass is 389 g/mol. The van der Waals surface area contributed by atoms with E-state index in [0.29, 0.717) is 12.0 Å².